The highest BCUT2D eigenvalue weighted by Crippen LogP contribution is 2.38. The van der Waals surface area contributed by atoms with Gasteiger partial charge in [-0.25, -0.2) is 9.67 Å². The van der Waals surface area contributed by atoms with Crippen molar-refractivity contribution in [3.05, 3.63) is 46.0 Å². The highest BCUT2D eigenvalue weighted by atomic mass is 32.1. The Kier molecular flexibility index (Phi) is 4.38. The van der Waals surface area contributed by atoms with Crippen LogP contribution in [0.25, 0.3) is 5.95 Å². The van der Waals surface area contributed by atoms with Gasteiger partial charge in [-0.15, -0.1) is 11.3 Å². The van der Waals surface area contributed by atoms with E-state index in [4.69, 9.17) is 4.74 Å². The fourth-order valence-corrected chi connectivity index (χ4v) is 2.52. The van der Waals surface area contributed by atoms with Crippen LogP contribution in [0.2, 0.25) is 0 Å². The van der Waals surface area contributed by atoms with E-state index in [1.54, 1.807) is 6.92 Å². The van der Waals surface area contributed by atoms with Crippen molar-refractivity contribution in [1.82, 2.24) is 19.7 Å². The molecule has 3 heterocycles. The van der Waals surface area contributed by atoms with Gasteiger partial charge in [-0.1, -0.05) is 0 Å². The summed E-state index contributed by atoms with van der Waals surface area (Å²) in [6.07, 6.45) is -6.50. The Balaban J connectivity index is 1.88. The number of rotatable bonds is 3. The van der Waals surface area contributed by atoms with E-state index in [1.807, 2.05) is 0 Å². The third kappa shape index (κ3) is 3.79. The van der Waals surface area contributed by atoms with Gasteiger partial charge in [0.2, 0.25) is 5.88 Å². The Labute approximate surface area is 145 Å². The SMILES string of the molecule is Cc1cnc(-n2cc(C(F)(F)F)cn2)nc1Oc1csc(C(F)(F)F)c1. The predicted molar refractivity (Wildman–Crippen MR) is 78.3 cm³/mol. The lowest BCUT2D eigenvalue weighted by atomic mass is 10.3. The largest absolute Gasteiger partial charge is 0.438 e. The number of halogens is 6. The molecule has 0 N–H and O–H groups in total. The summed E-state index contributed by atoms with van der Waals surface area (Å²) in [4.78, 5) is 6.94. The maximum Gasteiger partial charge on any atom is 0.425 e. The third-order valence-electron chi connectivity index (χ3n) is 3.10. The van der Waals surface area contributed by atoms with Crippen LogP contribution in [0, 0.1) is 6.92 Å². The average molecular weight is 394 g/mol. The summed E-state index contributed by atoms with van der Waals surface area (Å²) in [6.45, 7) is 1.54. The number of nitrogens with zero attached hydrogens (tertiary/aromatic N) is 4. The van der Waals surface area contributed by atoms with Crippen LogP contribution in [0.4, 0.5) is 26.3 Å². The zero-order valence-electron chi connectivity index (χ0n) is 12.8. The van der Waals surface area contributed by atoms with Gasteiger partial charge in [0, 0.05) is 29.4 Å². The molecule has 138 valence electrons. The predicted octanol–water partition coefficient (Wildman–Crippen LogP) is 4.86. The van der Waals surface area contributed by atoms with Gasteiger partial charge in [-0.05, 0) is 6.92 Å². The van der Waals surface area contributed by atoms with Gasteiger partial charge in [0.25, 0.3) is 5.95 Å². The van der Waals surface area contributed by atoms with Crippen molar-refractivity contribution in [1.29, 1.82) is 0 Å². The highest BCUT2D eigenvalue weighted by Gasteiger charge is 2.33. The maximum atomic E-state index is 12.6. The number of aryl methyl sites for hydroxylation is 1. The molecule has 0 atom stereocenters. The minimum absolute atomic E-state index is 0.0912. The molecule has 3 aromatic heterocycles. The van der Waals surface area contributed by atoms with E-state index >= 15 is 0 Å². The third-order valence-corrected chi connectivity index (χ3v) is 4.05. The van der Waals surface area contributed by atoms with E-state index in [0.29, 0.717) is 29.3 Å². The number of thiophene rings is 1. The molecule has 0 spiro atoms. The van der Waals surface area contributed by atoms with Crippen LogP contribution >= 0.6 is 11.3 Å². The summed E-state index contributed by atoms with van der Waals surface area (Å²) in [6, 6.07) is 0.807. The van der Waals surface area contributed by atoms with E-state index < -0.39 is 22.8 Å². The number of ether oxygens (including phenoxy) is 1. The van der Waals surface area contributed by atoms with E-state index in [9.17, 15) is 26.3 Å². The van der Waals surface area contributed by atoms with Crippen molar-refractivity contribution in [3.8, 4) is 17.6 Å². The molecule has 3 rings (SSSR count). The second kappa shape index (κ2) is 6.27. The van der Waals surface area contributed by atoms with Crippen molar-refractivity contribution >= 4 is 11.3 Å². The van der Waals surface area contributed by atoms with Crippen molar-refractivity contribution in [2.75, 3.05) is 0 Å². The van der Waals surface area contributed by atoms with Crippen LogP contribution in [0.5, 0.6) is 11.6 Å². The van der Waals surface area contributed by atoms with Crippen molar-refractivity contribution < 1.29 is 31.1 Å². The first-order chi connectivity index (χ1) is 12.0. The highest BCUT2D eigenvalue weighted by molar-refractivity contribution is 7.10. The molecule has 0 saturated carbocycles. The smallest absolute Gasteiger partial charge is 0.425 e. The molecule has 0 amide bonds. The normalized spacial score (nSPS) is 12.4. The van der Waals surface area contributed by atoms with E-state index in [0.717, 1.165) is 16.1 Å². The van der Waals surface area contributed by atoms with Crippen LogP contribution < -0.4 is 4.74 Å². The van der Waals surface area contributed by atoms with E-state index in [2.05, 4.69) is 15.1 Å². The van der Waals surface area contributed by atoms with Crippen molar-refractivity contribution in [3.63, 3.8) is 0 Å². The summed E-state index contributed by atoms with van der Waals surface area (Å²) >= 11 is 0.452. The standard InChI is InChI=1S/C14H8F6N4OS/c1-7-3-21-12(24-5-8(4-22-24)13(15,16)17)23-11(7)25-9-2-10(26-6-9)14(18,19)20/h2-6H,1H3. The van der Waals surface area contributed by atoms with Crippen LogP contribution in [0.1, 0.15) is 16.0 Å². The molecule has 0 aromatic carbocycles. The summed E-state index contributed by atoms with van der Waals surface area (Å²) in [7, 11) is 0. The van der Waals surface area contributed by atoms with Crippen LogP contribution in [-0.4, -0.2) is 19.7 Å². The Bertz CT molecular complexity index is 930. The molecule has 0 aliphatic heterocycles. The number of alkyl halides is 6. The fourth-order valence-electron chi connectivity index (χ4n) is 1.84. The monoisotopic (exact) mass is 394 g/mol. The number of aromatic nitrogens is 4. The lowest BCUT2D eigenvalue weighted by molar-refractivity contribution is -0.137. The fraction of sp³-hybridized carbons (Fsp3) is 0.214. The maximum absolute atomic E-state index is 12.6. The summed E-state index contributed by atoms with van der Waals surface area (Å²) in [5.41, 5.74) is -0.603. The molecule has 5 nitrogen and oxygen atoms in total. The van der Waals surface area contributed by atoms with Gasteiger partial charge in [0.15, 0.2) is 0 Å². The minimum Gasteiger partial charge on any atom is -0.438 e. The topological polar surface area (TPSA) is 52.8 Å². The average Bonchev–Trinajstić information content (AvgIpc) is 3.17. The van der Waals surface area contributed by atoms with Gasteiger partial charge < -0.3 is 4.74 Å². The first-order valence-electron chi connectivity index (χ1n) is 6.83. The molecular formula is C14H8F6N4OS. The Morgan fingerprint density at radius 3 is 2.38 bits per heavy atom. The first kappa shape index (κ1) is 18.2. The van der Waals surface area contributed by atoms with Crippen LogP contribution in [0.15, 0.2) is 30.0 Å². The molecule has 0 bridgehead atoms. The van der Waals surface area contributed by atoms with Crippen molar-refractivity contribution in [2.24, 2.45) is 0 Å². The second-order valence-corrected chi connectivity index (χ2v) is 5.99. The summed E-state index contributed by atoms with van der Waals surface area (Å²) in [5.74, 6) is -0.399. The zero-order valence-corrected chi connectivity index (χ0v) is 13.6. The molecule has 0 unspecified atom stereocenters. The van der Waals surface area contributed by atoms with E-state index in [-0.39, 0.29) is 17.6 Å². The van der Waals surface area contributed by atoms with Gasteiger partial charge in [0.1, 0.15) is 10.6 Å². The molecule has 0 aliphatic rings. The van der Waals surface area contributed by atoms with Crippen molar-refractivity contribution in [2.45, 2.75) is 19.3 Å². The molecule has 0 saturated heterocycles. The van der Waals surface area contributed by atoms with E-state index in [1.165, 1.54) is 6.20 Å². The van der Waals surface area contributed by atoms with Gasteiger partial charge >= 0.3 is 12.4 Å². The Hall–Kier alpha value is -2.63. The summed E-state index contributed by atoms with van der Waals surface area (Å²) < 4.78 is 81.9. The Morgan fingerprint density at radius 2 is 1.81 bits per heavy atom. The molecule has 12 heteroatoms. The number of hydrogen-bond acceptors (Lipinski definition) is 5. The minimum atomic E-state index is -4.58. The zero-order chi connectivity index (χ0) is 19.1. The molecule has 0 radical (unpaired) electrons. The molecule has 3 aromatic rings. The lowest BCUT2D eigenvalue weighted by Crippen LogP contribution is -2.05. The lowest BCUT2D eigenvalue weighted by Gasteiger charge is -2.07. The van der Waals surface area contributed by atoms with Gasteiger partial charge in [-0.2, -0.15) is 36.4 Å². The van der Waals surface area contributed by atoms with Crippen LogP contribution in [0.3, 0.4) is 0 Å². The Morgan fingerprint density at radius 1 is 1.08 bits per heavy atom. The summed E-state index contributed by atoms with van der Waals surface area (Å²) in [5, 5.41) is 4.69. The van der Waals surface area contributed by atoms with Gasteiger partial charge in [-0.3, -0.25) is 0 Å². The van der Waals surface area contributed by atoms with Crippen LogP contribution in [-0.2, 0) is 12.4 Å². The first-order valence-corrected chi connectivity index (χ1v) is 7.71. The quantitative estimate of drug-likeness (QED) is 0.596. The molecule has 0 fully saturated rings. The second-order valence-electron chi connectivity index (χ2n) is 5.08. The molecule has 26 heavy (non-hydrogen) atoms. The number of hydrogen-bond donors (Lipinski definition) is 0. The molecule has 0 aliphatic carbocycles. The molecular weight excluding hydrogens is 386 g/mol. The van der Waals surface area contributed by atoms with Gasteiger partial charge in [0.05, 0.1) is 11.8 Å².